The predicted octanol–water partition coefficient (Wildman–Crippen LogP) is 5.27. The van der Waals surface area contributed by atoms with E-state index in [-0.39, 0.29) is 6.09 Å². The fourth-order valence-corrected chi connectivity index (χ4v) is 3.12. The Bertz CT molecular complexity index is 598. The van der Waals surface area contributed by atoms with Gasteiger partial charge in [-0.2, -0.15) is 0 Å². The maximum absolute atomic E-state index is 13.6. The molecule has 7 heteroatoms. The van der Waals surface area contributed by atoms with Crippen molar-refractivity contribution in [2.75, 3.05) is 19.7 Å². The van der Waals surface area contributed by atoms with Gasteiger partial charge in [-0.25, -0.2) is 9.18 Å². The van der Waals surface area contributed by atoms with Crippen LogP contribution in [0.15, 0.2) is 16.6 Å². The summed E-state index contributed by atoms with van der Waals surface area (Å²) in [5, 5.41) is 0.370. The molecule has 1 aliphatic heterocycles. The molecule has 1 aromatic rings. The molecule has 0 atom stereocenters. The van der Waals surface area contributed by atoms with Gasteiger partial charge < -0.3 is 14.4 Å². The molecule has 0 bridgehead atoms. The standard InChI is InChI=1S/C17H22BrClFNO3/c1-17(2,3)24-16(22)21-6-4-11(5-7-21)10-23-15-9-14(20)12(18)8-13(15)19/h8-9,11H,4-7,10H2,1-3H3. The van der Waals surface area contributed by atoms with E-state index in [2.05, 4.69) is 15.9 Å². The minimum absolute atomic E-state index is 0.278. The lowest BCUT2D eigenvalue weighted by Gasteiger charge is -2.33. The number of hydrogen-bond donors (Lipinski definition) is 0. The Hall–Kier alpha value is -1.01. The second-order valence-electron chi connectivity index (χ2n) is 6.92. The minimum Gasteiger partial charge on any atom is -0.492 e. The van der Waals surface area contributed by atoms with E-state index in [1.54, 1.807) is 4.90 Å². The molecule has 0 aliphatic carbocycles. The Morgan fingerprint density at radius 3 is 2.58 bits per heavy atom. The van der Waals surface area contributed by atoms with Crippen LogP contribution in [0.5, 0.6) is 5.75 Å². The molecule has 1 heterocycles. The first-order chi connectivity index (χ1) is 11.2. The quantitative estimate of drug-likeness (QED) is 0.623. The number of piperidine rings is 1. The van der Waals surface area contributed by atoms with E-state index in [0.29, 0.717) is 40.9 Å². The van der Waals surface area contributed by atoms with E-state index < -0.39 is 11.4 Å². The van der Waals surface area contributed by atoms with Crippen LogP contribution in [-0.2, 0) is 4.74 Å². The first-order valence-electron chi connectivity index (χ1n) is 7.91. The summed E-state index contributed by atoms with van der Waals surface area (Å²) < 4.78 is 24.9. The predicted molar refractivity (Wildman–Crippen MR) is 95.1 cm³/mol. The summed E-state index contributed by atoms with van der Waals surface area (Å²) in [4.78, 5) is 13.7. The van der Waals surface area contributed by atoms with Crippen LogP contribution in [0.4, 0.5) is 9.18 Å². The van der Waals surface area contributed by atoms with Crippen LogP contribution in [0.25, 0.3) is 0 Å². The van der Waals surface area contributed by atoms with Gasteiger partial charge in [-0.3, -0.25) is 0 Å². The smallest absolute Gasteiger partial charge is 0.410 e. The molecule has 24 heavy (non-hydrogen) atoms. The molecule has 1 fully saturated rings. The monoisotopic (exact) mass is 421 g/mol. The topological polar surface area (TPSA) is 38.8 Å². The number of nitrogens with zero attached hydrogens (tertiary/aromatic N) is 1. The fourth-order valence-electron chi connectivity index (χ4n) is 2.43. The number of carbonyl (C=O) groups excluding carboxylic acids is 1. The van der Waals surface area contributed by atoms with E-state index in [4.69, 9.17) is 21.1 Å². The number of carbonyl (C=O) groups is 1. The largest absolute Gasteiger partial charge is 0.492 e. The van der Waals surface area contributed by atoms with Crippen LogP contribution in [0.3, 0.4) is 0 Å². The van der Waals surface area contributed by atoms with Crippen LogP contribution in [0, 0.1) is 11.7 Å². The number of benzene rings is 1. The molecule has 1 aromatic carbocycles. The Labute approximate surface area is 155 Å². The van der Waals surface area contributed by atoms with Crippen LogP contribution in [-0.4, -0.2) is 36.3 Å². The summed E-state index contributed by atoms with van der Waals surface area (Å²) in [6.07, 6.45) is 1.35. The number of likely N-dealkylation sites (tertiary alicyclic amines) is 1. The van der Waals surface area contributed by atoms with Gasteiger partial charge in [-0.1, -0.05) is 11.6 Å². The van der Waals surface area contributed by atoms with Crippen LogP contribution in [0.2, 0.25) is 5.02 Å². The number of amides is 1. The lowest BCUT2D eigenvalue weighted by Crippen LogP contribution is -2.42. The average Bonchev–Trinajstić information content (AvgIpc) is 2.48. The highest BCUT2D eigenvalue weighted by molar-refractivity contribution is 9.10. The zero-order valence-corrected chi connectivity index (χ0v) is 16.4. The highest BCUT2D eigenvalue weighted by Gasteiger charge is 2.27. The molecule has 1 amide bonds. The molecule has 0 spiro atoms. The Kier molecular flexibility index (Phi) is 6.37. The van der Waals surface area contributed by atoms with Crippen molar-refractivity contribution in [2.45, 2.75) is 39.2 Å². The highest BCUT2D eigenvalue weighted by atomic mass is 79.9. The van der Waals surface area contributed by atoms with Crippen LogP contribution in [0.1, 0.15) is 33.6 Å². The molecule has 0 N–H and O–H groups in total. The summed E-state index contributed by atoms with van der Waals surface area (Å²) in [7, 11) is 0. The first kappa shape index (κ1) is 19.3. The highest BCUT2D eigenvalue weighted by Crippen LogP contribution is 2.31. The molecule has 4 nitrogen and oxygen atoms in total. The molecule has 134 valence electrons. The summed E-state index contributed by atoms with van der Waals surface area (Å²) in [6.45, 7) is 7.27. The molecule has 1 aliphatic rings. The van der Waals surface area contributed by atoms with Crippen molar-refractivity contribution in [1.29, 1.82) is 0 Å². The average molecular weight is 423 g/mol. The van der Waals surface area contributed by atoms with Crippen molar-refractivity contribution in [3.8, 4) is 5.75 Å². The van der Waals surface area contributed by atoms with Gasteiger partial charge in [-0.15, -0.1) is 0 Å². The van der Waals surface area contributed by atoms with E-state index >= 15 is 0 Å². The minimum atomic E-state index is -0.487. The molecule has 0 aromatic heterocycles. The van der Waals surface area contributed by atoms with Crippen molar-refractivity contribution < 1.29 is 18.7 Å². The van der Waals surface area contributed by atoms with E-state index in [0.717, 1.165) is 12.8 Å². The van der Waals surface area contributed by atoms with Gasteiger partial charge in [0.1, 0.15) is 17.2 Å². The van der Waals surface area contributed by atoms with Gasteiger partial charge in [0.05, 0.1) is 16.1 Å². The summed E-state index contributed by atoms with van der Waals surface area (Å²) in [6, 6.07) is 2.76. The lowest BCUT2D eigenvalue weighted by atomic mass is 9.98. The third-order valence-electron chi connectivity index (χ3n) is 3.72. The molecule has 2 rings (SSSR count). The fraction of sp³-hybridized carbons (Fsp3) is 0.588. The van der Waals surface area contributed by atoms with Crippen molar-refractivity contribution in [3.63, 3.8) is 0 Å². The zero-order valence-electron chi connectivity index (χ0n) is 14.1. The molecular weight excluding hydrogens is 401 g/mol. The third kappa shape index (κ3) is 5.52. The van der Waals surface area contributed by atoms with Gasteiger partial charge in [0, 0.05) is 19.2 Å². The number of halogens is 3. The lowest BCUT2D eigenvalue weighted by molar-refractivity contribution is 0.0165. The maximum atomic E-state index is 13.6. The second kappa shape index (κ2) is 7.91. The third-order valence-corrected chi connectivity index (χ3v) is 4.62. The van der Waals surface area contributed by atoms with Gasteiger partial charge in [-0.05, 0) is 61.5 Å². The first-order valence-corrected chi connectivity index (χ1v) is 9.08. The Morgan fingerprint density at radius 1 is 1.38 bits per heavy atom. The van der Waals surface area contributed by atoms with E-state index in [1.165, 1.54) is 12.1 Å². The van der Waals surface area contributed by atoms with Crippen LogP contribution < -0.4 is 4.74 Å². The number of ether oxygens (including phenoxy) is 2. The summed E-state index contributed by atoms with van der Waals surface area (Å²) >= 11 is 9.14. The maximum Gasteiger partial charge on any atom is 0.410 e. The number of rotatable bonds is 3. The van der Waals surface area contributed by atoms with Crippen molar-refractivity contribution in [2.24, 2.45) is 5.92 Å². The molecule has 0 unspecified atom stereocenters. The normalized spacial score (nSPS) is 16.2. The van der Waals surface area contributed by atoms with Crippen molar-refractivity contribution in [1.82, 2.24) is 4.90 Å². The van der Waals surface area contributed by atoms with Crippen molar-refractivity contribution >= 4 is 33.6 Å². The second-order valence-corrected chi connectivity index (χ2v) is 8.18. The van der Waals surface area contributed by atoms with Gasteiger partial charge in [0.15, 0.2) is 0 Å². The summed E-state index contributed by atoms with van der Waals surface area (Å²) in [5.74, 6) is 0.229. The van der Waals surface area contributed by atoms with Crippen LogP contribution >= 0.6 is 27.5 Å². The van der Waals surface area contributed by atoms with E-state index in [9.17, 15) is 9.18 Å². The molecular formula is C17H22BrClFNO3. The Morgan fingerprint density at radius 2 is 2.00 bits per heavy atom. The SMILES string of the molecule is CC(C)(C)OC(=O)N1CCC(COc2cc(F)c(Br)cc2Cl)CC1. The summed E-state index contributed by atoms with van der Waals surface area (Å²) in [5.41, 5.74) is -0.487. The number of hydrogen-bond acceptors (Lipinski definition) is 3. The van der Waals surface area contributed by atoms with E-state index in [1.807, 2.05) is 20.8 Å². The van der Waals surface area contributed by atoms with Gasteiger partial charge in [0.2, 0.25) is 0 Å². The molecule has 1 saturated heterocycles. The Balaban J connectivity index is 1.81. The van der Waals surface area contributed by atoms with Gasteiger partial charge in [0.25, 0.3) is 0 Å². The molecule has 0 saturated carbocycles. The molecule has 0 radical (unpaired) electrons. The van der Waals surface area contributed by atoms with Gasteiger partial charge >= 0.3 is 6.09 Å². The van der Waals surface area contributed by atoms with Crippen molar-refractivity contribution in [3.05, 3.63) is 27.4 Å². The zero-order chi connectivity index (χ0) is 17.9.